The summed E-state index contributed by atoms with van der Waals surface area (Å²) >= 11 is 0. The minimum Gasteiger partial charge on any atom is -0.212 e. The van der Waals surface area contributed by atoms with Crippen LogP contribution in [0.2, 0.25) is 0 Å². The van der Waals surface area contributed by atoms with Crippen molar-refractivity contribution in [1.82, 2.24) is 4.72 Å². The molecule has 17 heavy (non-hydrogen) atoms. The highest BCUT2D eigenvalue weighted by molar-refractivity contribution is 7.89. The first-order chi connectivity index (χ1) is 7.98. The summed E-state index contributed by atoms with van der Waals surface area (Å²) in [5, 5.41) is 8.55. The molecule has 1 rings (SSSR count). The molecule has 0 saturated carbocycles. The maximum absolute atomic E-state index is 13.4. The number of nitrogens with one attached hydrogen (secondary N) is 1. The average Bonchev–Trinajstić information content (AvgIpc) is 2.27. The van der Waals surface area contributed by atoms with Crippen LogP contribution in [0.4, 0.5) is 4.39 Å². The lowest BCUT2D eigenvalue weighted by molar-refractivity contribution is 0.573. The van der Waals surface area contributed by atoms with Gasteiger partial charge in [0.15, 0.2) is 0 Å². The van der Waals surface area contributed by atoms with Crippen molar-refractivity contribution in [3.05, 3.63) is 35.1 Å². The Labute approximate surface area is 100 Å². The Morgan fingerprint density at radius 1 is 1.47 bits per heavy atom. The standard InChI is InChI=1S/C11H13FN2O2S/c1-2-5-17(15,16)14-8-10-4-3-9(7-13)6-11(10)12/h3-4,6,14H,2,5,8H2,1H3. The molecule has 0 saturated heterocycles. The van der Waals surface area contributed by atoms with Crippen molar-refractivity contribution >= 4 is 10.0 Å². The van der Waals surface area contributed by atoms with Gasteiger partial charge in [-0.05, 0) is 18.6 Å². The zero-order chi connectivity index (χ0) is 12.9. The maximum Gasteiger partial charge on any atom is 0.211 e. The van der Waals surface area contributed by atoms with Crippen LogP contribution in [-0.2, 0) is 16.6 Å². The molecule has 0 fully saturated rings. The van der Waals surface area contributed by atoms with Gasteiger partial charge in [-0.25, -0.2) is 17.5 Å². The van der Waals surface area contributed by atoms with Crippen LogP contribution in [0.5, 0.6) is 0 Å². The van der Waals surface area contributed by atoms with Gasteiger partial charge in [0.1, 0.15) is 5.82 Å². The third kappa shape index (κ3) is 4.13. The van der Waals surface area contributed by atoms with Crippen molar-refractivity contribution < 1.29 is 12.8 Å². The zero-order valence-corrected chi connectivity index (χ0v) is 10.2. The van der Waals surface area contributed by atoms with Gasteiger partial charge in [0.05, 0.1) is 17.4 Å². The van der Waals surface area contributed by atoms with Gasteiger partial charge in [-0.2, -0.15) is 5.26 Å². The van der Waals surface area contributed by atoms with Crippen molar-refractivity contribution in [2.45, 2.75) is 19.9 Å². The first kappa shape index (κ1) is 13.6. The quantitative estimate of drug-likeness (QED) is 0.868. The van der Waals surface area contributed by atoms with Crippen molar-refractivity contribution in [3.8, 4) is 6.07 Å². The molecule has 0 radical (unpaired) electrons. The lowest BCUT2D eigenvalue weighted by atomic mass is 10.1. The molecule has 1 aromatic carbocycles. The summed E-state index contributed by atoms with van der Waals surface area (Å²) in [6, 6.07) is 5.75. The second kappa shape index (κ2) is 5.75. The average molecular weight is 256 g/mol. The van der Waals surface area contributed by atoms with E-state index in [2.05, 4.69) is 4.72 Å². The van der Waals surface area contributed by atoms with Crippen molar-refractivity contribution in [1.29, 1.82) is 5.26 Å². The van der Waals surface area contributed by atoms with Gasteiger partial charge in [-0.3, -0.25) is 0 Å². The van der Waals surface area contributed by atoms with Gasteiger partial charge in [0.25, 0.3) is 0 Å². The van der Waals surface area contributed by atoms with Crippen LogP contribution >= 0.6 is 0 Å². The summed E-state index contributed by atoms with van der Waals surface area (Å²) in [7, 11) is -3.34. The monoisotopic (exact) mass is 256 g/mol. The molecule has 0 unspecified atom stereocenters. The van der Waals surface area contributed by atoms with E-state index in [1.807, 2.05) is 6.07 Å². The predicted octanol–water partition coefficient (Wildman–Crippen LogP) is 1.53. The highest BCUT2D eigenvalue weighted by atomic mass is 32.2. The molecule has 0 aliphatic heterocycles. The van der Waals surface area contributed by atoms with Gasteiger partial charge >= 0.3 is 0 Å². The van der Waals surface area contributed by atoms with E-state index in [-0.39, 0.29) is 23.4 Å². The summed E-state index contributed by atoms with van der Waals surface area (Å²) in [4.78, 5) is 0. The lowest BCUT2D eigenvalue weighted by Gasteiger charge is -2.06. The highest BCUT2D eigenvalue weighted by Gasteiger charge is 2.10. The Bertz CT molecular complexity index is 535. The Kier molecular flexibility index (Phi) is 4.61. The third-order valence-electron chi connectivity index (χ3n) is 2.14. The Hall–Kier alpha value is -1.45. The number of rotatable bonds is 5. The molecule has 1 aromatic rings. The normalized spacial score (nSPS) is 11.1. The summed E-state index contributed by atoms with van der Waals surface area (Å²) in [5.74, 6) is -0.562. The molecule has 0 aromatic heterocycles. The van der Waals surface area contributed by atoms with Crippen LogP contribution in [0.1, 0.15) is 24.5 Å². The fourth-order valence-electron chi connectivity index (χ4n) is 1.29. The molecule has 92 valence electrons. The third-order valence-corrected chi connectivity index (χ3v) is 3.67. The van der Waals surface area contributed by atoms with Gasteiger partial charge in [0.2, 0.25) is 10.0 Å². The van der Waals surface area contributed by atoms with Gasteiger partial charge in [-0.15, -0.1) is 0 Å². The molecule has 0 spiro atoms. The maximum atomic E-state index is 13.4. The zero-order valence-electron chi connectivity index (χ0n) is 9.40. The molecular weight excluding hydrogens is 243 g/mol. The molecule has 0 aliphatic carbocycles. The van der Waals surface area contributed by atoms with E-state index in [0.29, 0.717) is 6.42 Å². The number of halogens is 1. The number of benzene rings is 1. The first-order valence-corrected chi connectivity index (χ1v) is 6.79. The van der Waals surface area contributed by atoms with Crippen LogP contribution in [0.15, 0.2) is 18.2 Å². The molecule has 0 aliphatic rings. The fraction of sp³-hybridized carbons (Fsp3) is 0.364. The van der Waals surface area contributed by atoms with Gasteiger partial charge in [0, 0.05) is 12.1 Å². The van der Waals surface area contributed by atoms with Gasteiger partial charge < -0.3 is 0 Å². The number of nitriles is 1. The second-order valence-corrected chi connectivity index (χ2v) is 5.48. The lowest BCUT2D eigenvalue weighted by Crippen LogP contribution is -2.26. The van der Waals surface area contributed by atoms with Crippen LogP contribution < -0.4 is 4.72 Å². The van der Waals surface area contributed by atoms with Crippen molar-refractivity contribution in [3.63, 3.8) is 0 Å². The predicted molar refractivity (Wildman–Crippen MR) is 62.0 cm³/mol. The summed E-state index contributed by atoms with van der Waals surface area (Å²) in [5.41, 5.74) is 0.436. The molecule has 6 heteroatoms. The van der Waals surface area contributed by atoms with Crippen LogP contribution in [0.25, 0.3) is 0 Å². The first-order valence-electron chi connectivity index (χ1n) is 5.14. The van der Waals surface area contributed by atoms with E-state index >= 15 is 0 Å². The van der Waals surface area contributed by atoms with E-state index in [1.54, 1.807) is 6.92 Å². The number of sulfonamides is 1. The highest BCUT2D eigenvalue weighted by Crippen LogP contribution is 2.10. The Morgan fingerprint density at radius 3 is 2.71 bits per heavy atom. The van der Waals surface area contributed by atoms with Crippen molar-refractivity contribution in [2.75, 3.05) is 5.75 Å². The number of hydrogen-bond donors (Lipinski definition) is 1. The van der Waals surface area contributed by atoms with E-state index in [4.69, 9.17) is 5.26 Å². The fourth-order valence-corrected chi connectivity index (χ4v) is 2.35. The van der Waals surface area contributed by atoms with E-state index in [0.717, 1.165) is 6.07 Å². The topological polar surface area (TPSA) is 70.0 Å². The van der Waals surface area contributed by atoms with E-state index in [9.17, 15) is 12.8 Å². The summed E-state index contributed by atoms with van der Waals surface area (Å²) in [6.45, 7) is 1.65. The van der Waals surface area contributed by atoms with Crippen LogP contribution in [0, 0.1) is 17.1 Å². The van der Waals surface area contributed by atoms with Gasteiger partial charge in [-0.1, -0.05) is 13.0 Å². The Morgan fingerprint density at radius 2 is 2.18 bits per heavy atom. The Balaban J connectivity index is 2.74. The SMILES string of the molecule is CCCS(=O)(=O)NCc1ccc(C#N)cc1F. The molecular formula is C11H13FN2O2S. The smallest absolute Gasteiger partial charge is 0.211 e. The summed E-state index contributed by atoms with van der Waals surface area (Å²) < 4.78 is 38.4. The van der Waals surface area contributed by atoms with Crippen LogP contribution in [-0.4, -0.2) is 14.2 Å². The molecule has 0 amide bonds. The molecule has 0 atom stereocenters. The number of hydrogen-bond acceptors (Lipinski definition) is 3. The molecule has 0 heterocycles. The van der Waals surface area contributed by atoms with Crippen LogP contribution in [0.3, 0.4) is 0 Å². The molecule has 1 N–H and O–H groups in total. The minimum absolute atomic E-state index is 0.0187. The minimum atomic E-state index is -3.34. The van der Waals surface area contributed by atoms with E-state index in [1.165, 1.54) is 12.1 Å². The number of nitrogens with zero attached hydrogens (tertiary/aromatic N) is 1. The largest absolute Gasteiger partial charge is 0.212 e. The summed E-state index contributed by atoms with van der Waals surface area (Å²) in [6.07, 6.45) is 0.505. The van der Waals surface area contributed by atoms with E-state index < -0.39 is 15.8 Å². The molecule has 0 bridgehead atoms. The second-order valence-electron chi connectivity index (χ2n) is 3.56. The van der Waals surface area contributed by atoms with Crippen molar-refractivity contribution in [2.24, 2.45) is 0 Å². The molecule has 4 nitrogen and oxygen atoms in total.